The number of hydrogen-bond donors (Lipinski definition) is 3. The fourth-order valence-electron chi connectivity index (χ4n) is 2.50. The number of carbonyl (C=O) groups excluding carboxylic acids is 1. The molecule has 0 aliphatic carbocycles. The summed E-state index contributed by atoms with van der Waals surface area (Å²) in [4.78, 5) is 28.3. The van der Waals surface area contributed by atoms with Gasteiger partial charge in [0.15, 0.2) is 0 Å². The molecule has 2 aliphatic rings. The molecule has 3 N–H and O–H groups in total. The Labute approximate surface area is 127 Å². The lowest BCUT2D eigenvalue weighted by Gasteiger charge is -2.30. The van der Waals surface area contributed by atoms with Gasteiger partial charge < -0.3 is 20.2 Å². The van der Waals surface area contributed by atoms with Crippen molar-refractivity contribution >= 4 is 22.8 Å². The molecule has 0 unspecified atom stereocenters. The molecule has 0 spiro atoms. The maximum Gasteiger partial charge on any atom is 0.368 e. The van der Waals surface area contributed by atoms with Crippen LogP contribution in [0.15, 0.2) is 0 Å². The number of urea groups is 1. The zero-order valence-electron chi connectivity index (χ0n) is 11.5. The van der Waals surface area contributed by atoms with E-state index in [1.54, 1.807) is 0 Å². The van der Waals surface area contributed by atoms with Crippen LogP contribution in [0.25, 0.3) is 0 Å². The number of carboxylic acids is 1. The highest BCUT2D eigenvalue weighted by atomic mass is 32.2. The summed E-state index contributed by atoms with van der Waals surface area (Å²) in [6, 6.07) is -1.25. The number of fused-ring (bicyclic) bond motifs is 2. The third-order valence-electron chi connectivity index (χ3n) is 3.54. The highest BCUT2D eigenvalue weighted by Crippen LogP contribution is 2.32. The third kappa shape index (κ3) is 3.37. The van der Waals surface area contributed by atoms with Crippen LogP contribution in [0.5, 0.6) is 0 Å². The first kappa shape index (κ1) is 17.1. The molecule has 0 saturated carbocycles. The summed E-state index contributed by atoms with van der Waals surface area (Å²) >= 11 is 0. The van der Waals surface area contributed by atoms with Gasteiger partial charge in [-0.2, -0.15) is 5.06 Å². The van der Waals surface area contributed by atoms with Crippen LogP contribution in [-0.2, 0) is 20.4 Å². The molecule has 11 heteroatoms. The van der Waals surface area contributed by atoms with Crippen LogP contribution in [0.2, 0.25) is 0 Å². The molecule has 5 atom stereocenters. The zero-order valence-corrected chi connectivity index (χ0v) is 12.3. The van der Waals surface area contributed by atoms with Crippen LogP contribution in [0.1, 0.15) is 12.8 Å². The SMILES string of the molecule is O=C(O)[C@@H](F)ON1C(=O)N2C[C@H]1CC[C@H]2[S@](=O)C[C@@H](O)CO. The fraction of sp³-hybridized carbons (Fsp3) is 0.818. The summed E-state index contributed by atoms with van der Waals surface area (Å²) in [5, 5.41) is 26.6. The average Bonchev–Trinajstić information content (AvgIpc) is 2.71. The van der Waals surface area contributed by atoms with Crippen molar-refractivity contribution in [1.29, 1.82) is 0 Å². The fourth-order valence-corrected chi connectivity index (χ4v) is 4.07. The number of hydrogen-bond acceptors (Lipinski definition) is 6. The lowest BCUT2D eigenvalue weighted by Crippen LogP contribution is -2.44. The topological polar surface area (TPSA) is 128 Å². The smallest absolute Gasteiger partial charge is 0.368 e. The number of aliphatic hydroxyl groups excluding tert-OH is 2. The van der Waals surface area contributed by atoms with Crippen molar-refractivity contribution in [3.63, 3.8) is 0 Å². The Kier molecular flexibility index (Phi) is 5.32. The molecule has 2 saturated heterocycles. The van der Waals surface area contributed by atoms with E-state index in [0.29, 0.717) is 17.9 Å². The highest BCUT2D eigenvalue weighted by molar-refractivity contribution is 7.85. The predicted octanol–water partition coefficient (Wildman–Crippen LogP) is -1.37. The maximum atomic E-state index is 13.1. The van der Waals surface area contributed by atoms with Gasteiger partial charge in [-0.1, -0.05) is 0 Å². The van der Waals surface area contributed by atoms with Gasteiger partial charge in [0.2, 0.25) is 0 Å². The molecule has 2 bridgehead atoms. The molecule has 2 fully saturated rings. The van der Waals surface area contributed by atoms with Crippen molar-refractivity contribution in [1.82, 2.24) is 9.96 Å². The minimum atomic E-state index is -2.65. The van der Waals surface area contributed by atoms with Crippen LogP contribution in [-0.4, -0.2) is 84.3 Å². The Morgan fingerprint density at radius 2 is 2.18 bits per heavy atom. The Hall–Kier alpha value is -1.30. The molecule has 2 heterocycles. The summed E-state index contributed by atoms with van der Waals surface area (Å²) < 4.78 is 25.3. The monoisotopic (exact) mass is 340 g/mol. The maximum absolute atomic E-state index is 13.1. The van der Waals surface area contributed by atoms with Crippen LogP contribution >= 0.6 is 0 Å². The van der Waals surface area contributed by atoms with Crippen LogP contribution in [0, 0.1) is 0 Å². The second-order valence-corrected chi connectivity index (χ2v) is 6.73. The van der Waals surface area contributed by atoms with Gasteiger partial charge in [0.1, 0.15) is 5.37 Å². The van der Waals surface area contributed by atoms with E-state index in [1.165, 1.54) is 4.90 Å². The van der Waals surface area contributed by atoms with Gasteiger partial charge in [0.25, 0.3) is 0 Å². The molecular formula is C11H17FN2O7S. The van der Waals surface area contributed by atoms with E-state index in [4.69, 9.17) is 10.2 Å². The quantitative estimate of drug-likeness (QED) is 0.521. The second kappa shape index (κ2) is 6.86. The third-order valence-corrected chi connectivity index (χ3v) is 5.35. The number of piperidine rings is 1. The first-order chi connectivity index (χ1) is 10.3. The van der Waals surface area contributed by atoms with Gasteiger partial charge in [-0.3, -0.25) is 4.21 Å². The second-order valence-electron chi connectivity index (χ2n) is 5.09. The van der Waals surface area contributed by atoms with Gasteiger partial charge >= 0.3 is 18.4 Å². The Balaban J connectivity index is 2.03. The van der Waals surface area contributed by atoms with Gasteiger partial charge in [0, 0.05) is 17.3 Å². The molecule has 2 aliphatic heterocycles. The van der Waals surface area contributed by atoms with Crippen molar-refractivity contribution in [2.75, 3.05) is 18.9 Å². The molecule has 22 heavy (non-hydrogen) atoms. The van der Waals surface area contributed by atoms with Crippen LogP contribution in [0.3, 0.4) is 0 Å². The number of hydroxylamine groups is 2. The number of halogens is 1. The summed E-state index contributed by atoms with van der Waals surface area (Å²) in [5.74, 6) is -2.02. The number of amides is 2. The Bertz CT molecular complexity index is 479. The van der Waals surface area contributed by atoms with Crippen molar-refractivity contribution in [3.05, 3.63) is 0 Å². The first-order valence-electron chi connectivity index (χ1n) is 6.64. The molecule has 0 aromatic heterocycles. The van der Waals surface area contributed by atoms with E-state index in [1.807, 2.05) is 0 Å². The van der Waals surface area contributed by atoms with Crippen molar-refractivity contribution in [3.8, 4) is 0 Å². The molecule has 0 aromatic carbocycles. The van der Waals surface area contributed by atoms with E-state index in [-0.39, 0.29) is 12.3 Å². The number of rotatable bonds is 7. The molecular weight excluding hydrogens is 323 g/mol. The Morgan fingerprint density at radius 1 is 1.50 bits per heavy atom. The van der Waals surface area contributed by atoms with E-state index in [0.717, 1.165) is 0 Å². The summed E-state index contributed by atoms with van der Waals surface area (Å²) in [6.45, 7) is -0.386. The lowest BCUT2D eigenvalue weighted by atomic mass is 10.1. The Morgan fingerprint density at radius 3 is 2.77 bits per heavy atom. The van der Waals surface area contributed by atoms with E-state index < -0.39 is 53.3 Å². The number of aliphatic carboxylic acids is 1. The molecule has 2 amide bonds. The number of nitrogens with zero attached hydrogens (tertiary/aromatic N) is 2. The van der Waals surface area contributed by atoms with Crippen molar-refractivity contribution in [2.45, 2.75) is 36.7 Å². The number of carboxylic acid groups (broad SMARTS) is 1. The van der Waals surface area contributed by atoms with Crippen LogP contribution in [0.4, 0.5) is 9.18 Å². The van der Waals surface area contributed by atoms with Crippen molar-refractivity contribution < 1.29 is 38.3 Å². The summed E-state index contributed by atoms with van der Waals surface area (Å²) in [7, 11) is -1.59. The number of alkyl halides is 1. The van der Waals surface area contributed by atoms with Crippen LogP contribution < -0.4 is 0 Å². The number of carbonyl (C=O) groups is 2. The molecule has 9 nitrogen and oxygen atoms in total. The standard InChI is InChI=1S/C11H17FN2O7S/c12-9(10(17)18)21-14-6-1-2-8(13(3-6)11(14)19)22(20)5-7(16)4-15/h6-9,15-16H,1-5H2,(H,17,18)/t6-,7+,8-,9+,22-/m1/s1. The normalized spacial score (nSPS) is 28.6. The summed E-state index contributed by atoms with van der Waals surface area (Å²) in [5.41, 5.74) is 0. The average molecular weight is 340 g/mol. The van der Waals surface area contributed by atoms with E-state index in [2.05, 4.69) is 4.84 Å². The highest BCUT2D eigenvalue weighted by Gasteiger charge is 2.48. The predicted molar refractivity (Wildman–Crippen MR) is 70.5 cm³/mol. The lowest BCUT2D eigenvalue weighted by molar-refractivity contribution is -0.223. The molecule has 0 aromatic rings. The van der Waals surface area contributed by atoms with Crippen molar-refractivity contribution in [2.24, 2.45) is 0 Å². The van der Waals surface area contributed by atoms with Gasteiger partial charge in [-0.25, -0.2) is 18.8 Å². The first-order valence-corrected chi connectivity index (χ1v) is 8.03. The van der Waals surface area contributed by atoms with Gasteiger partial charge in [-0.15, -0.1) is 0 Å². The van der Waals surface area contributed by atoms with E-state index >= 15 is 0 Å². The number of aliphatic hydroxyl groups is 2. The minimum Gasteiger partial charge on any atom is -0.477 e. The van der Waals surface area contributed by atoms with E-state index in [9.17, 15) is 23.3 Å². The summed E-state index contributed by atoms with van der Waals surface area (Å²) in [6.07, 6.45) is -3.07. The minimum absolute atomic E-state index is 0.150. The molecule has 0 radical (unpaired) electrons. The van der Waals surface area contributed by atoms with Gasteiger partial charge in [-0.05, 0) is 12.8 Å². The zero-order chi connectivity index (χ0) is 16.4. The van der Waals surface area contributed by atoms with Gasteiger partial charge in [0.05, 0.1) is 24.5 Å². The molecule has 2 rings (SSSR count). The molecule has 126 valence electrons. The largest absolute Gasteiger partial charge is 0.477 e.